The molecular weight excluding hydrogens is 308 g/mol. The maximum absolute atomic E-state index is 10.5. The van der Waals surface area contributed by atoms with Crippen LogP contribution in [-0.4, -0.2) is 11.7 Å². The van der Waals surface area contributed by atoms with Crippen molar-refractivity contribution in [1.82, 2.24) is 0 Å². The maximum Gasteiger partial charge on any atom is 0.140 e. The normalized spacial score (nSPS) is 13.6. The lowest BCUT2D eigenvalue weighted by Crippen LogP contribution is -2.29. The number of aromatic hydroxyl groups is 1. The Labute approximate surface area is 149 Å². The summed E-state index contributed by atoms with van der Waals surface area (Å²) < 4.78 is 6.26. The lowest BCUT2D eigenvalue weighted by atomic mass is 9.84. The minimum Gasteiger partial charge on any atom is -0.508 e. The molecule has 0 spiro atoms. The Balaban J connectivity index is 2.19. The zero-order valence-electron chi connectivity index (χ0n) is 14.3. The highest BCUT2D eigenvalue weighted by Gasteiger charge is 2.34. The third-order valence-corrected chi connectivity index (χ3v) is 4.19. The van der Waals surface area contributed by atoms with Crippen LogP contribution in [0.25, 0.3) is 6.08 Å². The van der Waals surface area contributed by atoms with E-state index in [4.69, 9.17) is 4.74 Å². The van der Waals surface area contributed by atoms with Crippen LogP contribution < -0.4 is 0 Å². The van der Waals surface area contributed by atoms with Crippen LogP contribution in [-0.2, 0) is 10.3 Å². The Bertz CT molecular complexity index is 825. The van der Waals surface area contributed by atoms with Gasteiger partial charge in [0.2, 0.25) is 0 Å². The fraction of sp³-hybridized carbons (Fsp3) is 0.130. The second kappa shape index (κ2) is 7.82. The van der Waals surface area contributed by atoms with Crippen LogP contribution in [0.15, 0.2) is 91.0 Å². The summed E-state index contributed by atoms with van der Waals surface area (Å²) in [5.41, 5.74) is 1.94. The zero-order valence-corrected chi connectivity index (χ0v) is 14.3. The average Bonchev–Trinajstić information content (AvgIpc) is 2.67. The Kier molecular flexibility index (Phi) is 5.32. The largest absolute Gasteiger partial charge is 0.508 e. The van der Waals surface area contributed by atoms with E-state index in [1.165, 1.54) is 0 Å². The lowest BCUT2D eigenvalue weighted by Gasteiger charge is -2.32. The molecule has 0 aromatic heterocycles. The molecule has 3 aromatic rings. The maximum atomic E-state index is 10.5. The number of hydrogen-bond donors (Lipinski definition) is 1. The van der Waals surface area contributed by atoms with Crippen molar-refractivity contribution >= 4 is 6.08 Å². The molecule has 1 N–H and O–H groups in total. The molecule has 0 fully saturated rings. The van der Waals surface area contributed by atoms with Gasteiger partial charge >= 0.3 is 0 Å². The van der Waals surface area contributed by atoms with Crippen molar-refractivity contribution in [1.29, 1.82) is 0 Å². The fourth-order valence-electron chi connectivity index (χ4n) is 3.03. The molecule has 0 amide bonds. The lowest BCUT2D eigenvalue weighted by molar-refractivity contribution is 0.0267. The van der Waals surface area contributed by atoms with E-state index in [9.17, 15) is 5.11 Å². The monoisotopic (exact) mass is 330 g/mol. The van der Waals surface area contributed by atoms with Gasteiger partial charge in [0, 0.05) is 12.2 Å². The first-order chi connectivity index (χ1) is 12.3. The molecule has 1 atom stereocenters. The molecule has 126 valence electrons. The van der Waals surface area contributed by atoms with Crippen LogP contribution in [0, 0.1) is 0 Å². The number of benzene rings is 3. The number of rotatable bonds is 6. The molecule has 1 unspecified atom stereocenters. The topological polar surface area (TPSA) is 29.5 Å². The summed E-state index contributed by atoms with van der Waals surface area (Å²) in [6.07, 6.45) is 4.06. The van der Waals surface area contributed by atoms with Gasteiger partial charge in [-0.05, 0) is 30.2 Å². The van der Waals surface area contributed by atoms with Gasteiger partial charge in [-0.1, -0.05) is 84.9 Å². The third-order valence-electron chi connectivity index (χ3n) is 4.19. The third kappa shape index (κ3) is 3.65. The first-order valence-electron chi connectivity index (χ1n) is 8.48. The first kappa shape index (κ1) is 17.0. The van der Waals surface area contributed by atoms with Gasteiger partial charge in [0.25, 0.3) is 0 Å². The second-order valence-electron chi connectivity index (χ2n) is 5.80. The fourth-order valence-corrected chi connectivity index (χ4v) is 3.03. The average molecular weight is 330 g/mol. The summed E-state index contributed by atoms with van der Waals surface area (Å²) in [4.78, 5) is 0. The minimum absolute atomic E-state index is 0.220. The van der Waals surface area contributed by atoms with Gasteiger partial charge in [-0.25, -0.2) is 0 Å². The molecule has 2 heteroatoms. The smallest absolute Gasteiger partial charge is 0.140 e. The van der Waals surface area contributed by atoms with Crippen LogP contribution in [0.4, 0.5) is 0 Å². The van der Waals surface area contributed by atoms with Crippen molar-refractivity contribution in [2.45, 2.75) is 12.5 Å². The highest BCUT2D eigenvalue weighted by Crippen LogP contribution is 2.40. The molecule has 0 bridgehead atoms. The van der Waals surface area contributed by atoms with Gasteiger partial charge in [0.05, 0.1) is 0 Å². The molecule has 0 heterocycles. The molecule has 0 aliphatic carbocycles. The van der Waals surface area contributed by atoms with E-state index in [-0.39, 0.29) is 5.75 Å². The van der Waals surface area contributed by atoms with Crippen molar-refractivity contribution in [3.05, 3.63) is 108 Å². The Hall–Kier alpha value is -2.84. The standard InChI is InChI=1S/C23H22O2/c1-2-25-23(20-13-7-4-8-14-20,21-15-9-10-16-22(21)24)18-17-19-11-5-3-6-12-19/h3-18,24H,2H2,1H3/b18-17+. The molecule has 25 heavy (non-hydrogen) atoms. The Morgan fingerprint density at radius 2 is 1.44 bits per heavy atom. The molecule has 0 saturated heterocycles. The Morgan fingerprint density at radius 3 is 2.08 bits per heavy atom. The number of phenols is 1. The van der Waals surface area contributed by atoms with Crippen molar-refractivity contribution in [3.8, 4) is 5.75 Å². The molecule has 0 radical (unpaired) electrons. The summed E-state index contributed by atoms with van der Waals surface area (Å²) in [5, 5.41) is 10.5. The Morgan fingerprint density at radius 1 is 0.840 bits per heavy atom. The molecule has 2 nitrogen and oxygen atoms in total. The zero-order chi connectivity index (χ0) is 17.5. The first-order valence-corrected chi connectivity index (χ1v) is 8.48. The summed E-state index contributed by atoms with van der Waals surface area (Å²) in [6.45, 7) is 2.48. The highest BCUT2D eigenvalue weighted by atomic mass is 16.5. The van der Waals surface area contributed by atoms with Gasteiger partial charge in [0.15, 0.2) is 0 Å². The predicted molar refractivity (Wildman–Crippen MR) is 102 cm³/mol. The van der Waals surface area contributed by atoms with Gasteiger partial charge in [0.1, 0.15) is 11.4 Å². The summed E-state index contributed by atoms with van der Waals surface area (Å²) >= 11 is 0. The van der Waals surface area contributed by atoms with E-state index in [0.29, 0.717) is 6.61 Å². The van der Waals surface area contributed by atoms with E-state index >= 15 is 0 Å². The predicted octanol–water partition coefficient (Wildman–Crippen LogP) is 5.39. The van der Waals surface area contributed by atoms with E-state index < -0.39 is 5.60 Å². The summed E-state index contributed by atoms with van der Waals surface area (Å²) in [6, 6.07) is 27.4. The molecule has 0 aliphatic rings. The molecule has 3 rings (SSSR count). The molecule has 3 aromatic carbocycles. The molecule has 0 saturated carbocycles. The number of ether oxygens (including phenoxy) is 1. The van der Waals surface area contributed by atoms with Crippen molar-refractivity contribution in [2.75, 3.05) is 6.61 Å². The van der Waals surface area contributed by atoms with Crippen molar-refractivity contribution in [2.24, 2.45) is 0 Å². The van der Waals surface area contributed by atoms with Gasteiger partial charge < -0.3 is 9.84 Å². The van der Waals surface area contributed by atoms with Crippen LogP contribution in [0.1, 0.15) is 23.6 Å². The number of para-hydroxylation sites is 1. The van der Waals surface area contributed by atoms with Crippen molar-refractivity contribution in [3.63, 3.8) is 0 Å². The van der Waals surface area contributed by atoms with E-state index in [2.05, 4.69) is 0 Å². The SMILES string of the molecule is CCOC(/C=C/c1ccccc1)(c1ccccc1)c1ccccc1O. The second-order valence-corrected chi connectivity index (χ2v) is 5.80. The van der Waals surface area contributed by atoms with E-state index in [0.717, 1.165) is 16.7 Å². The molecular formula is C23H22O2. The molecule has 0 aliphatic heterocycles. The van der Waals surface area contributed by atoms with Gasteiger partial charge in [-0.2, -0.15) is 0 Å². The van der Waals surface area contributed by atoms with Crippen LogP contribution in [0.3, 0.4) is 0 Å². The van der Waals surface area contributed by atoms with Crippen molar-refractivity contribution < 1.29 is 9.84 Å². The summed E-state index contributed by atoms with van der Waals surface area (Å²) in [7, 11) is 0. The van der Waals surface area contributed by atoms with Gasteiger partial charge in [-0.3, -0.25) is 0 Å². The van der Waals surface area contributed by atoms with Crippen LogP contribution in [0.2, 0.25) is 0 Å². The summed E-state index contributed by atoms with van der Waals surface area (Å²) in [5.74, 6) is 0.220. The van der Waals surface area contributed by atoms with Crippen LogP contribution in [0.5, 0.6) is 5.75 Å². The highest BCUT2D eigenvalue weighted by molar-refractivity contribution is 5.56. The minimum atomic E-state index is -0.850. The number of hydrogen-bond acceptors (Lipinski definition) is 2. The van der Waals surface area contributed by atoms with E-state index in [1.807, 2.05) is 97.9 Å². The number of phenolic OH excluding ortho intramolecular Hbond substituents is 1. The van der Waals surface area contributed by atoms with Crippen LogP contribution >= 0.6 is 0 Å². The quantitative estimate of drug-likeness (QED) is 0.657. The van der Waals surface area contributed by atoms with Gasteiger partial charge in [-0.15, -0.1) is 0 Å². The van der Waals surface area contributed by atoms with E-state index in [1.54, 1.807) is 6.07 Å².